The summed E-state index contributed by atoms with van der Waals surface area (Å²) in [6, 6.07) is 4.75. The van der Waals surface area contributed by atoms with Crippen LogP contribution in [0.2, 0.25) is 0 Å². The van der Waals surface area contributed by atoms with Gasteiger partial charge in [0.2, 0.25) is 0 Å². The van der Waals surface area contributed by atoms with E-state index in [1.807, 2.05) is 0 Å². The van der Waals surface area contributed by atoms with Gasteiger partial charge in [-0.2, -0.15) is 0 Å². The van der Waals surface area contributed by atoms with Crippen molar-refractivity contribution in [2.24, 2.45) is 5.73 Å². The third kappa shape index (κ3) is 3.01. The van der Waals surface area contributed by atoms with Crippen LogP contribution in [0.25, 0.3) is 0 Å². The normalized spacial score (nSPS) is 12.4. The molecule has 0 spiro atoms. The van der Waals surface area contributed by atoms with Gasteiger partial charge >= 0.3 is 0 Å². The van der Waals surface area contributed by atoms with Gasteiger partial charge in [-0.1, -0.05) is 12.1 Å². The number of nitrogens with zero attached hydrogens (tertiary/aromatic N) is 1. The highest BCUT2D eigenvalue weighted by molar-refractivity contribution is 5.43. The largest absolute Gasteiger partial charge is 0.396 e. The lowest BCUT2D eigenvalue weighted by atomic mass is 10.0. The number of aryl methyl sites for hydroxylation is 1. The molecule has 1 atom stereocenters. The molecule has 5 nitrogen and oxygen atoms in total. The monoisotopic (exact) mass is 224 g/mol. The molecule has 0 saturated heterocycles. The molecule has 0 aliphatic heterocycles. The number of hydrogen-bond acceptors (Lipinski definition) is 4. The molecule has 3 N–H and O–H groups in total. The minimum atomic E-state index is -0.405. The van der Waals surface area contributed by atoms with Crippen molar-refractivity contribution >= 4 is 5.69 Å². The second-order valence-corrected chi connectivity index (χ2v) is 3.78. The second-order valence-electron chi connectivity index (χ2n) is 3.78. The van der Waals surface area contributed by atoms with Crippen LogP contribution in [-0.4, -0.2) is 16.6 Å². The van der Waals surface area contributed by atoms with Gasteiger partial charge in [-0.25, -0.2) is 0 Å². The molecule has 0 bridgehead atoms. The van der Waals surface area contributed by atoms with Crippen LogP contribution < -0.4 is 5.73 Å². The lowest BCUT2D eigenvalue weighted by Gasteiger charge is -2.11. The van der Waals surface area contributed by atoms with E-state index in [0.29, 0.717) is 18.4 Å². The van der Waals surface area contributed by atoms with Gasteiger partial charge in [0.15, 0.2) is 0 Å². The fraction of sp³-hybridized carbons (Fsp3) is 0.455. The van der Waals surface area contributed by atoms with E-state index in [0.717, 1.165) is 5.56 Å². The highest BCUT2D eigenvalue weighted by Gasteiger charge is 2.14. The van der Waals surface area contributed by atoms with Crippen molar-refractivity contribution < 1.29 is 10.0 Å². The van der Waals surface area contributed by atoms with Gasteiger partial charge in [0.05, 0.1) is 4.92 Å². The molecule has 1 aromatic rings. The summed E-state index contributed by atoms with van der Waals surface area (Å²) < 4.78 is 0. The molecule has 0 aromatic heterocycles. The predicted octanol–water partition coefficient (Wildman–Crippen LogP) is 1.68. The zero-order valence-corrected chi connectivity index (χ0v) is 9.22. The predicted molar refractivity (Wildman–Crippen MR) is 61.1 cm³/mol. The number of hydrogen-bond donors (Lipinski definition) is 2. The SMILES string of the molecule is Cc1ccc([C@H](N)CCCO)cc1[N+](=O)[O-]. The molecule has 0 aliphatic rings. The number of nitrogens with two attached hydrogens (primary N) is 1. The molecule has 0 fully saturated rings. The van der Waals surface area contributed by atoms with Crippen LogP contribution in [0, 0.1) is 17.0 Å². The first kappa shape index (κ1) is 12.6. The maximum atomic E-state index is 10.7. The Morgan fingerprint density at radius 3 is 2.81 bits per heavy atom. The Bertz CT molecular complexity index is 379. The molecule has 0 heterocycles. The maximum absolute atomic E-state index is 10.7. The Morgan fingerprint density at radius 2 is 2.25 bits per heavy atom. The van der Waals surface area contributed by atoms with Gasteiger partial charge in [-0.3, -0.25) is 10.1 Å². The summed E-state index contributed by atoms with van der Waals surface area (Å²) in [5.74, 6) is 0. The van der Waals surface area contributed by atoms with Gasteiger partial charge < -0.3 is 10.8 Å². The summed E-state index contributed by atoms with van der Waals surface area (Å²) in [6.45, 7) is 1.78. The van der Waals surface area contributed by atoms with E-state index in [-0.39, 0.29) is 18.3 Å². The molecule has 0 unspecified atom stereocenters. The van der Waals surface area contributed by atoms with Crippen LogP contribution in [0.15, 0.2) is 18.2 Å². The van der Waals surface area contributed by atoms with Crippen LogP contribution in [0.5, 0.6) is 0 Å². The van der Waals surface area contributed by atoms with Crippen molar-refractivity contribution in [2.45, 2.75) is 25.8 Å². The molecule has 16 heavy (non-hydrogen) atoms. The molecule has 1 aromatic carbocycles. The Morgan fingerprint density at radius 1 is 1.56 bits per heavy atom. The van der Waals surface area contributed by atoms with Gasteiger partial charge in [0, 0.05) is 24.3 Å². The minimum Gasteiger partial charge on any atom is -0.396 e. The van der Waals surface area contributed by atoms with Crippen LogP contribution >= 0.6 is 0 Å². The van der Waals surface area contributed by atoms with Crippen molar-refractivity contribution in [1.82, 2.24) is 0 Å². The molecule has 0 radical (unpaired) electrons. The molecule has 5 heteroatoms. The van der Waals surface area contributed by atoms with E-state index in [4.69, 9.17) is 10.8 Å². The summed E-state index contributed by atoms with van der Waals surface area (Å²) in [7, 11) is 0. The average Bonchev–Trinajstić information content (AvgIpc) is 2.26. The van der Waals surface area contributed by atoms with Crippen molar-refractivity contribution in [1.29, 1.82) is 0 Å². The van der Waals surface area contributed by atoms with Crippen molar-refractivity contribution in [3.8, 4) is 0 Å². The van der Waals surface area contributed by atoms with Gasteiger partial charge in [0.25, 0.3) is 5.69 Å². The molecule has 0 saturated carbocycles. The first-order valence-corrected chi connectivity index (χ1v) is 5.17. The molecule has 88 valence electrons. The topological polar surface area (TPSA) is 89.4 Å². The summed E-state index contributed by atoms with van der Waals surface area (Å²) in [5, 5.41) is 19.4. The van der Waals surface area contributed by atoms with E-state index >= 15 is 0 Å². The van der Waals surface area contributed by atoms with Gasteiger partial charge in [-0.05, 0) is 25.3 Å². The van der Waals surface area contributed by atoms with Crippen molar-refractivity contribution in [3.63, 3.8) is 0 Å². The highest BCUT2D eigenvalue weighted by atomic mass is 16.6. The summed E-state index contributed by atoms with van der Waals surface area (Å²) in [4.78, 5) is 10.3. The number of aliphatic hydroxyl groups is 1. The fourth-order valence-electron chi connectivity index (χ4n) is 1.53. The van der Waals surface area contributed by atoms with Crippen LogP contribution in [-0.2, 0) is 0 Å². The Kier molecular flexibility index (Phi) is 4.39. The minimum absolute atomic E-state index is 0.0850. The number of nitro groups is 1. The summed E-state index contributed by atoms with van der Waals surface area (Å²) in [5.41, 5.74) is 7.33. The van der Waals surface area contributed by atoms with Crippen LogP contribution in [0.1, 0.15) is 30.0 Å². The first-order valence-electron chi connectivity index (χ1n) is 5.17. The molecule has 1 rings (SSSR count). The van der Waals surface area contributed by atoms with Gasteiger partial charge in [-0.15, -0.1) is 0 Å². The van der Waals surface area contributed by atoms with E-state index in [1.165, 1.54) is 6.07 Å². The Hall–Kier alpha value is -1.46. The number of aliphatic hydroxyl groups excluding tert-OH is 1. The Balaban J connectivity index is 2.89. The molecule has 0 aliphatic carbocycles. The number of benzene rings is 1. The quantitative estimate of drug-likeness (QED) is 0.588. The molecular weight excluding hydrogens is 208 g/mol. The third-order valence-corrected chi connectivity index (χ3v) is 2.53. The van der Waals surface area contributed by atoms with Crippen molar-refractivity contribution in [3.05, 3.63) is 39.4 Å². The smallest absolute Gasteiger partial charge is 0.272 e. The van der Waals surface area contributed by atoms with E-state index < -0.39 is 4.92 Å². The van der Waals surface area contributed by atoms with Crippen molar-refractivity contribution in [2.75, 3.05) is 6.61 Å². The first-order chi connectivity index (χ1) is 7.56. The van der Waals surface area contributed by atoms with Gasteiger partial charge in [0.1, 0.15) is 0 Å². The number of rotatable bonds is 5. The lowest BCUT2D eigenvalue weighted by molar-refractivity contribution is -0.385. The zero-order chi connectivity index (χ0) is 12.1. The summed E-state index contributed by atoms with van der Waals surface area (Å²) in [6.07, 6.45) is 1.22. The van der Waals surface area contributed by atoms with E-state index in [2.05, 4.69) is 0 Å². The van der Waals surface area contributed by atoms with E-state index in [1.54, 1.807) is 19.1 Å². The van der Waals surface area contributed by atoms with Crippen LogP contribution in [0.4, 0.5) is 5.69 Å². The second kappa shape index (κ2) is 5.58. The maximum Gasteiger partial charge on any atom is 0.272 e. The average molecular weight is 224 g/mol. The molecular formula is C11H16N2O3. The standard InChI is InChI=1S/C11H16N2O3/c1-8-4-5-9(7-11(8)13(15)16)10(12)3-2-6-14/h4-5,7,10,14H,2-3,6,12H2,1H3/t10-/m1/s1. The lowest BCUT2D eigenvalue weighted by Crippen LogP contribution is -2.11. The number of nitro benzene ring substituents is 1. The van der Waals surface area contributed by atoms with E-state index in [9.17, 15) is 10.1 Å². The summed E-state index contributed by atoms with van der Waals surface area (Å²) >= 11 is 0. The fourth-order valence-corrected chi connectivity index (χ4v) is 1.53. The highest BCUT2D eigenvalue weighted by Crippen LogP contribution is 2.24. The third-order valence-electron chi connectivity index (χ3n) is 2.53. The Labute approximate surface area is 94.0 Å². The zero-order valence-electron chi connectivity index (χ0n) is 9.22. The van der Waals surface area contributed by atoms with Crippen LogP contribution in [0.3, 0.4) is 0 Å². The molecule has 0 amide bonds.